The second kappa shape index (κ2) is 7.40. The maximum Gasteiger partial charge on any atom is 0.276 e. The Morgan fingerprint density at radius 1 is 0.846 bits per heavy atom. The third-order valence-corrected chi connectivity index (χ3v) is 3.56. The lowest BCUT2D eigenvalue weighted by Gasteiger charge is -2.07. The van der Waals surface area contributed by atoms with Gasteiger partial charge in [-0.1, -0.05) is 11.6 Å². The standard InChI is InChI=1S/C17H10ClF3N4O/c18-11-7-9(1-3-12(11)19)22-16-6-5-15(24-25-16)17(26)23-10-2-4-13(20)14(21)8-10/h1-8H,(H,22,25)(H,23,26). The van der Waals surface area contributed by atoms with Gasteiger partial charge >= 0.3 is 0 Å². The lowest BCUT2D eigenvalue weighted by Crippen LogP contribution is -2.14. The largest absolute Gasteiger partial charge is 0.339 e. The van der Waals surface area contributed by atoms with Crippen molar-refractivity contribution in [3.8, 4) is 0 Å². The van der Waals surface area contributed by atoms with E-state index in [1.807, 2.05) is 0 Å². The van der Waals surface area contributed by atoms with Crippen molar-refractivity contribution in [1.82, 2.24) is 10.2 Å². The van der Waals surface area contributed by atoms with Gasteiger partial charge in [-0.05, 0) is 42.5 Å². The highest BCUT2D eigenvalue weighted by Crippen LogP contribution is 2.21. The van der Waals surface area contributed by atoms with Gasteiger partial charge in [0.25, 0.3) is 5.91 Å². The maximum atomic E-state index is 13.1. The first-order chi connectivity index (χ1) is 12.4. The molecule has 3 rings (SSSR count). The summed E-state index contributed by atoms with van der Waals surface area (Å²) in [6.45, 7) is 0. The van der Waals surface area contributed by atoms with E-state index in [9.17, 15) is 18.0 Å². The summed E-state index contributed by atoms with van der Waals surface area (Å²) in [5, 5.41) is 12.8. The first-order valence-corrected chi connectivity index (χ1v) is 7.62. The quantitative estimate of drug-likeness (QED) is 0.699. The predicted molar refractivity (Wildman–Crippen MR) is 91.0 cm³/mol. The number of hydrogen-bond acceptors (Lipinski definition) is 4. The number of halogens is 4. The fraction of sp³-hybridized carbons (Fsp3) is 0. The number of carbonyl (C=O) groups is 1. The molecule has 2 aromatic carbocycles. The molecule has 0 aliphatic carbocycles. The third-order valence-electron chi connectivity index (χ3n) is 3.27. The molecule has 1 aromatic heterocycles. The first-order valence-electron chi connectivity index (χ1n) is 7.24. The van der Waals surface area contributed by atoms with Crippen LogP contribution < -0.4 is 10.6 Å². The minimum atomic E-state index is -1.08. The number of benzene rings is 2. The first kappa shape index (κ1) is 17.7. The average molecular weight is 379 g/mol. The number of amides is 1. The van der Waals surface area contributed by atoms with Crippen molar-refractivity contribution >= 4 is 34.7 Å². The van der Waals surface area contributed by atoms with Gasteiger partial charge < -0.3 is 10.6 Å². The molecule has 26 heavy (non-hydrogen) atoms. The van der Waals surface area contributed by atoms with E-state index in [4.69, 9.17) is 11.6 Å². The molecule has 0 unspecified atom stereocenters. The van der Waals surface area contributed by atoms with E-state index in [-0.39, 0.29) is 16.4 Å². The summed E-state index contributed by atoms with van der Waals surface area (Å²) in [7, 11) is 0. The van der Waals surface area contributed by atoms with E-state index in [1.165, 1.54) is 36.4 Å². The molecule has 0 aliphatic heterocycles. The van der Waals surface area contributed by atoms with E-state index in [0.717, 1.165) is 12.1 Å². The zero-order valence-electron chi connectivity index (χ0n) is 12.9. The highest BCUT2D eigenvalue weighted by molar-refractivity contribution is 6.31. The van der Waals surface area contributed by atoms with E-state index in [0.29, 0.717) is 11.5 Å². The van der Waals surface area contributed by atoms with Crippen LogP contribution in [0.3, 0.4) is 0 Å². The van der Waals surface area contributed by atoms with Gasteiger partial charge in [-0.2, -0.15) is 0 Å². The number of nitrogens with one attached hydrogen (secondary N) is 2. The summed E-state index contributed by atoms with van der Waals surface area (Å²) in [5.41, 5.74) is 0.543. The summed E-state index contributed by atoms with van der Waals surface area (Å²) < 4.78 is 39.2. The molecule has 1 heterocycles. The molecular formula is C17H10ClF3N4O. The van der Waals surface area contributed by atoms with E-state index < -0.39 is 23.4 Å². The number of nitrogens with zero attached hydrogens (tertiary/aromatic N) is 2. The molecule has 0 bridgehead atoms. The Balaban J connectivity index is 1.69. The summed E-state index contributed by atoms with van der Waals surface area (Å²) in [5.74, 6) is -2.98. The van der Waals surface area contributed by atoms with Crippen LogP contribution in [0.1, 0.15) is 10.5 Å². The highest BCUT2D eigenvalue weighted by Gasteiger charge is 2.11. The van der Waals surface area contributed by atoms with Crippen molar-refractivity contribution < 1.29 is 18.0 Å². The van der Waals surface area contributed by atoms with Crippen LogP contribution in [0.2, 0.25) is 5.02 Å². The predicted octanol–water partition coefficient (Wildman–Crippen LogP) is 4.54. The maximum absolute atomic E-state index is 13.1. The van der Waals surface area contributed by atoms with Gasteiger partial charge in [0.2, 0.25) is 0 Å². The number of carbonyl (C=O) groups excluding carboxylic acids is 1. The van der Waals surface area contributed by atoms with Crippen LogP contribution in [0.15, 0.2) is 48.5 Å². The molecule has 0 spiro atoms. The molecule has 1 amide bonds. The number of aromatic nitrogens is 2. The molecule has 0 fully saturated rings. The molecule has 5 nitrogen and oxygen atoms in total. The highest BCUT2D eigenvalue weighted by atomic mass is 35.5. The van der Waals surface area contributed by atoms with Crippen LogP contribution in [-0.4, -0.2) is 16.1 Å². The zero-order valence-corrected chi connectivity index (χ0v) is 13.7. The molecule has 0 saturated carbocycles. The van der Waals surface area contributed by atoms with Crippen LogP contribution in [-0.2, 0) is 0 Å². The molecule has 0 saturated heterocycles. The summed E-state index contributed by atoms with van der Waals surface area (Å²) >= 11 is 5.69. The summed E-state index contributed by atoms with van der Waals surface area (Å²) in [6, 6.07) is 9.88. The van der Waals surface area contributed by atoms with Gasteiger partial charge in [-0.25, -0.2) is 13.2 Å². The number of hydrogen-bond donors (Lipinski definition) is 2. The van der Waals surface area contributed by atoms with Crippen molar-refractivity contribution in [3.05, 3.63) is 76.7 Å². The minimum absolute atomic E-state index is 0.0302. The van der Waals surface area contributed by atoms with Crippen LogP contribution >= 0.6 is 11.6 Å². The Morgan fingerprint density at radius 2 is 1.58 bits per heavy atom. The van der Waals surface area contributed by atoms with Gasteiger partial charge in [0.1, 0.15) is 5.82 Å². The lowest BCUT2D eigenvalue weighted by atomic mass is 10.2. The molecule has 0 aliphatic rings. The van der Waals surface area contributed by atoms with Crippen LogP contribution in [0, 0.1) is 17.5 Å². The minimum Gasteiger partial charge on any atom is -0.339 e. The van der Waals surface area contributed by atoms with Crippen LogP contribution in [0.25, 0.3) is 0 Å². The van der Waals surface area contributed by atoms with Crippen LogP contribution in [0.4, 0.5) is 30.4 Å². The third kappa shape index (κ3) is 4.09. The SMILES string of the molecule is O=C(Nc1ccc(F)c(F)c1)c1ccc(Nc2ccc(F)c(Cl)c2)nn1. The monoisotopic (exact) mass is 378 g/mol. The molecule has 132 valence electrons. The van der Waals surface area contributed by atoms with Crippen LogP contribution in [0.5, 0.6) is 0 Å². The smallest absolute Gasteiger partial charge is 0.276 e. The zero-order chi connectivity index (χ0) is 18.7. The molecule has 9 heteroatoms. The Kier molecular flexibility index (Phi) is 5.04. The molecule has 0 atom stereocenters. The normalized spacial score (nSPS) is 10.5. The fourth-order valence-corrected chi connectivity index (χ4v) is 2.19. The van der Waals surface area contributed by atoms with Crippen molar-refractivity contribution in [2.75, 3.05) is 10.6 Å². The van der Waals surface area contributed by atoms with E-state index in [1.54, 1.807) is 0 Å². The Hall–Kier alpha value is -3.13. The Morgan fingerprint density at radius 3 is 2.23 bits per heavy atom. The average Bonchev–Trinajstić information content (AvgIpc) is 2.62. The number of rotatable bonds is 4. The van der Waals surface area contributed by atoms with Gasteiger partial charge in [-0.15, -0.1) is 10.2 Å². The van der Waals surface area contributed by atoms with Gasteiger partial charge in [-0.3, -0.25) is 4.79 Å². The molecule has 0 radical (unpaired) electrons. The second-order valence-corrected chi connectivity index (χ2v) is 5.55. The van der Waals surface area contributed by atoms with Gasteiger partial charge in [0, 0.05) is 17.4 Å². The second-order valence-electron chi connectivity index (χ2n) is 5.14. The topological polar surface area (TPSA) is 66.9 Å². The van der Waals surface area contributed by atoms with Crippen molar-refractivity contribution in [2.24, 2.45) is 0 Å². The van der Waals surface area contributed by atoms with E-state index >= 15 is 0 Å². The van der Waals surface area contributed by atoms with Crippen molar-refractivity contribution in [3.63, 3.8) is 0 Å². The number of anilines is 3. The summed E-state index contributed by atoms with van der Waals surface area (Å²) in [4.78, 5) is 12.1. The molecular weight excluding hydrogens is 369 g/mol. The summed E-state index contributed by atoms with van der Waals surface area (Å²) in [6.07, 6.45) is 0. The van der Waals surface area contributed by atoms with Gasteiger partial charge in [0.05, 0.1) is 5.02 Å². The Bertz CT molecular complexity index is 967. The fourth-order valence-electron chi connectivity index (χ4n) is 2.01. The molecule has 3 aromatic rings. The van der Waals surface area contributed by atoms with Gasteiger partial charge in [0.15, 0.2) is 23.1 Å². The van der Waals surface area contributed by atoms with E-state index in [2.05, 4.69) is 20.8 Å². The molecule has 2 N–H and O–H groups in total. The van der Waals surface area contributed by atoms with Crippen molar-refractivity contribution in [2.45, 2.75) is 0 Å². The van der Waals surface area contributed by atoms with Crippen molar-refractivity contribution in [1.29, 1.82) is 0 Å². The lowest BCUT2D eigenvalue weighted by molar-refractivity contribution is 0.102. The Labute approximate surface area is 150 Å².